The molecule has 3 aromatic rings. The summed E-state index contributed by atoms with van der Waals surface area (Å²) in [6.07, 6.45) is 1.74. The Morgan fingerprint density at radius 2 is 1.81 bits per heavy atom. The zero-order chi connectivity index (χ0) is 14.7. The molecular weight excluding hydrogens is 264 g/mol. The number of carbonyl (C=O) groups excluding carboxylic acids is 1. The van der Waals surface area contributed by atoms with Gasteiger partial charge in [-0.25, -0.2) is 0 Å². The molecule has 0 aliphatic carbocycles. The van der Waals surface area contributed by atoms with E-state index in [0.717, 1.165) is 16.5 Å². The number of rotatable bonds is 3. The van der Waals surface area contributed by atoms with Crippen molar-refractivity contribution < 1.29 is 4.79 Å². The molecule has 0 aliphatic heterocycles. The van der Waals surface area contributed by atoms with E-state index in [9.17, 15) is 4.79 Å². The topological polar surface area (TPSA) is 70.8 Å². The van der Waals surface area contributed by atoms with E-state index < -0.39 is 5.91 Å². The first-order valence-corrected chi connectivity index (χ1v) is 6.51. The van der Waals surface area contributed by atoms with Gasteiger partial charge in [-0.2, -0.15) is 0 Å². The molecule has 0 radical (unpaired) electrons. The lowest BCUT2D eigenvalue weighted by molar-refractivity contribution is 0.100. The number of amides is 1. The third-order valence-electron chi connectivity index (χ3n) is 3.35. The molecule has 5 nitrogen and oxygen atoms in total. The Balaban J connectivity index is 2.11. The van der Waals surface area contributed by atoms with Crippen molar-refractivity contribution in [2.24, 2.45) is 5.11 Å². The lowest BCUT2D eigenvalue weighted by Crippen LogP contribution is -1.98. The second-order valence-corrected chi connectivity index (χ2v) is 4.67. The van der Waals surface area contributed by atoms with Crippen LogP contribution in [-0.2, 0) is 6.54 Å². The molecule has 0 bridgehead atoms. The van der Waals surface area contributed by atoms with Crippen LogP contribution in [0.5, 0.6) is 0 Å². The number of azide groups is 1. The Bertz CT molecular complexity index is 845. The van der Waals surface area contributed by atoms with Crippen molar-refractivity contribution in [3.8, 4) is 0 Å². The number of fused-ring (bicyclic) bond motifs is 1. The van der Waals surface area contributed by atoms with Crippen LogP contribution in [0.25, 0.3) is 21.3 Å². The molecule has 0 atom stereocenters. The van der Waals surface area contributed by atoms with Gasteiger partial charge in [0.05, 0.1) is 0 Å². The molecule has 0 spiro atoms. The Morgan fingerprint density at radius 3 is 2.57 bits per heavy atom. The summed E-state index contributed by atoms with van der Waals surface area (Å²) in [4.78, 5) is 14.5. The van der Waals surface area contributed by atoms with E-state index in [1.54, 1.807) is 6.20 Å². The van der Waals surface area contributed by atoms with E-state index in [0.29, 0.717) is 12.1 Å². The largest absolute Gasteiger partial charge is 0.342 e. The van der Waals surface area contributed by atoms with E-state index in [1.807, 2.05) is 59.2 Å². The molecular formula is C16H12N4O. The Hall–Kier alpha value is -3.04. The predicted molar refractivity (Wildman–Crippen MR) is 81.0 cm³/mol. The van der Waals surface area contributed by atoms with Gasteiger partial charge in [0.1, 0.15) is 0 Å². The van der Waals surface area contributed by atoms with Crippen LogP contribution < -0.4 is 0 Å². The number of hydrogen-bond acceptors (Lipinski definition) is 1. The van der Waals surface area contributed by atoms with E-state index in [-0.39, 0.29) is 0 Å². The molecule has 1 aromatic heterocycles. The van der Waals surface area contributed by atoms with Crippen LogP contribution >= 0.6 is 0 Å². The third kappa shape index (κ3) is 2.50. The molecule has 0 saturated heterocycles. The van der Waals surface area contributed by atoms with Gasteiger partial charge in [0, 0.05) is 34.1 Å². The zero-order valence-electron chi connectivity index (χ0n) is 11.2. The van der Waals surface area contributed by atoms with Gasteiger partial charge < -0.3 is 4.57 Å². The normalized spacial score (nSPS) is 10.3. The molecule has 0 fully saturated rings. The molecule has 0 aliphatic rings. The van der Waals surface area contributed by atoms with Crippen molar-refractivity contribution >= 4 is 16.8 Å². The minimum atomic E-state index is -0.555. The van der Waals surface area contributed by atoms with Crippen molar-refractivity contribution in [1.29, 1.82) is 0 Å². The Labute approximate surface area is 121 Å². The van der Waals surface area contributed by atoms with Crippen molar-refractivity contribution in [3.05, 3.63) is 82.4 Å². The lowest BCUT2D eigenvalue weighted by atomic mass is 10.2. The third-order valence-corrected chi connectivity index (χ3v) is 3.35. The van der Waals surface area contributed by atoms with Crippen LogP contribution in [-0.4, -0.2) is 10.5 Å². The second-order valence-electron chi connectivity index (χ2n) is 4.67. The van der Waals surface area contributed by atoms with Gasteiger partial charge in [-0.3, -0.25) is 4.79 Å². The van der Waals surface area contributed by atoms with Crippen molar-refractivity contribution in [1.82, 2.24) is 4.57 Å². The molecule has 1 heterocycles. The van der Waals surface area contributed by atoms with Gasteiger partial charge in [0.15, 0.2) is 0 Å². The smallest absolute Gasteiger partial charge is 0.251 e. The zero-order valence-corrected chi connectivity index (χ0v) is 11.2. The number of hydrogen-bond donors (Lipinski definition) is 0. The van der Waals surface area contributed by atoms with Crippen LogP contribution in [0.3, 0.4) is 0 Å². The number of aromatic nitrogens is 1. The van der Waals surface area contributed by atoms with Crippen LogP contribution in [0.1, 0.15) is 15.9 Å². The van der Waals surface area contributed by atoms with E-state index in [4.69, 9.17) is 5.53 Å². The van der Waals surface area contributed by atoms with Crippen molar-refractivity contribution in [3.63, 3.8) is 0 Å². The fourth-order valence-corrected chi connectivity index (χ4v) is 2.42. The highest BCUT2D eigenvalue weighted by Gasteiger charge is 2.13. The molecule has 21 heavy (non-hydrogen) atoms. The quantitative estimate of drug-likeness (QED) is 0.402. The summed E-state index contributed by atoms with van der Waals surface area (Å²) in [6.45, 7) is 0.658. The van der Waals surface area contributed by atoms with Crippen LogP contribution in [0.2, 0.25) is 0 Å². The Morgan fingerprint density at radius 1 is 1.10 bits per heavy atom. The molecule has 102 valence electrons. The van der Waals surface area contributed by atoms with Crippen LogP contribution in [0.15, 0.2) is 65.9 Å². The number of carbonyl (C=O) groups is 1. The molecule has 3 rings (SSSR count). The van der Waals surface area contributed by atoms with E-state index in [1.165, 1.54) is 0 Å². The number of para-hydroxylation sites is 1. The molecule has 0 saturated carbocycles. The summed E-state index contributed by atoms with van der Waals surface area (Å²) >= 11 is 0. The van der Waals surface area contributed by atoms with Gasteiger partial charge in [0.2, 0.25) is 0 Å². The summed E-state index contributed by atoms with van der Waals surface area (Å²) in [6, 6.07) is 17.6. The van der Waals surface area contributed by atoms with Crippen molar-refractivity contribution in [2.75, 3.05) is 0 Å². The van der Waals surface area contributed by atoms with Crippen LogP contribution in [0.4, 0.5) is 0 Å². The maximum absolute atomic E-state index is 11.9. The highest BCUT2D eigenvalue weighted by molar-refractivity contribution is 6.07. The summed E-state index contributed by atoms with van der Waals surface area (Å²) < 4.78 is 1.99. The second kappa shape index (κ2) is 5.53. The first-order chi connectivity index (χ1) is 10.3. The fourth-order valence-electron chi connectivity index (χ4n) is 2.42. The average Bonchev–Trinajstić information content (AvgIpc) is 2.88. The Kier molecular flexibility index (Phi) is 3.41. The molecule has 2 aromatic carbocycles. The highest BCUT2D eigenvalue weighted by atomic mass is 16.1. The molecule has 5 heteroatoms. The molecule has 0 N–H and O–H groups in total. The first kappa shape index (κ1) is 13.0. The van der Waals surface area contributed by atoms with E-state index >= 15 is 0 Å². The van der Waals surface area contributed by atoms with Gasteiger partial charge in [-0.1, -0.05) is 48.5 Å². The molecule has 1 amide bonds. The maximum Gasteiger partial charge on any atom is 0.251 e. The standard InChI is InChI=1S/C16H12N4O/c17-19-18-16(21)14-11-20(10-12-6-2-1-3-7-12)15-9-5-4-8-13(14)15/h1-9,11H,10H2. The van der Waals surface area contributed by atoms with Gasteiger partial charge in [-0.05, 0) is 22.3 Å². The maximum atomic E-state index is 11.9. The highest BCUT2D eigenvalue weighted by Crippen LogP contribution is 2.23. The summed E-state index contributed by atoms with van der Waals surface area (Å²) in [7, 11) is 0. The lowest BCUT2D eigenvalue weighted by Gasteiger charge is -2.05. The summed E-state index contributed by atoms with van der Waals surface area (Å²) in [5.74, 6) is -0.555. The summed E-state index contributed by atoms with van der Waals surface area (Å²) in [5.41, 5.74) is 11.0. The number of nitrogens with zero attached hydrogens (tertiary/aromatic N) is 4. The van der Waals surface area contributed by atoms with Gasteiger partial charge in [0.25, 0.3) is 5.91 Å². The summed E-state index contributed by atoms with van der Waals surface area (Å²) in [5, 5.41) is 3.99. The van der Waals surface area contributed by atoms with Gasteiger partial charge in [-0.15, -0.1) is 0 Å². The number of benzene rings is 2. The monoisotopic (exact) mass is 276 g/mol. The van der Waals surface area contributed by atoms with Gasteiger partial charge >= 0.3 is 0 Å². The minimum absolute atomic E-state index is 0.430. The van der Waals surface area contributed by atoms with Crippen LogP contribution in [0, 0.1) is 0 Å². The molecule has 0 unspecified atom stereocenters. The SMILES string of the molecule is [N-]=[N+]=NC(=O)c1cn(Cc2ccccc2)c2ccccc12. The van der Waals surface area contributed by atoms with E-state index in [2.05, 4.69) is 10.0 Å². The minimum Gasteiger partial charge on any atom is -0.342 e. The first-order valence-electron chi connectivity index (χ1n) is 6.51. The average molecular weight is 276 g/mol. The van der Waals surface area contributed by atoms with Crippen molar-refractivity contribution in [2.45, 2.75) is 6.54 Å². The predicted octanol–water partition coefficient (Wildman–Crippen LogP) is 4.14. The fraction of sp³-hybridized carbons (Fsp3) is 0.0625.